The molecule has 3 fully saturated rings. The lowest BCUT2D eigenvalue weighted by atomic mass is 10.1. The highest BCUT2D eigenvalue weighted by atomic mass is 79.9. The maximum absolute atomic E-state index is 13.5. The Morgan fingerprint density at radius 3 is 1.41 bits per heavy atom. The number of halogens is 5. The average Bonchev–Trinajstić information content (AvgIpc) is 4.11. The van der Waals surface area contributed by atoms with E-state index < -0.39 is 23.4 Å². The number of benzene rings is 3. The van der Waals surface area contributed by atoms with Crippen LogP contribution in [0, 0.1) is 35.2 Å². The molecule has 3 aromatic carbocycles. The molecule has 3 aliphatic carbocycles. The van der Waals surface area contributed by atoms with Crippen molar-refractivity contribution in [2.45, 2.75) is 89.8 Å². The molecule has 6 rings (SSSR count). The largest absolute Gasteiger partial charge is 0.508 e. The molecule has 64 heavy (non-hydrogen) atoms. The Balaban J connectivity index is 0.000000318. The number of hydrogen-bond donors (Lipinski definition) is 4. The zero-order chi connectivity index (χ0) is 46.9. The summed E-state index contributed by atoms with van der Waals surface area (Å²) in [4.78, 5) is 23.2. The summed E-state index contributed by atoms with van der Waals surface area (Å²) in [7, 11) is 0. The number of ether oxygens (including phenoxy) is 4. The summed E-state index contributed by atoms with van der Waals surface area (Å²) < 4.78 is 61.3. The van der Waals surface area contributed by atoms with Gasteiger partial charge in [-0.25, -0.2) is 22.8 Å². The van der Waals surface area contributed by atoms with Crippen molar-refractivity contribution in [1.29, 1.82) is 0 Å². The van der Waals surface area contributed by atoms with Crippen LogP contribution in [0.1, 0.15) is 95.2 Å². The maximum atomic E-state index is 13.5. The second-order valence-electron chi connectivity index (χ2n) is 17.5. The zero-order valence-electron chi connectivity index (χ0n) is 37.8. The highest BCUT2D eigenvalue weighted by molar-refractivity contribution is 9.09. The molecule has 6 unspecified atom stereocenters. The van der Waals surface area contributed by atoms with Gasteiger partial charge in [-0.15, -0.1) is 19.0 Å². The monoisotopic (exact) mass is 979 g/mol. The molecule has 0 aromatic heterocycles. The van der Waals surface area contributed by atoms with Crippen LogP contribution in [0.25, 0.3) is 0 Å². The van der Waals surface area contributed by atoms with Gasteiger partial charge in [-0.1, -0.05) is 47.3 Å². The molecular formula is C49H66BrClF3N3O7. The summed E-state index contributed by atoms with van der Waals surface area (Å²) in [6.45, 7) is 24.0. The molecule has 0 heterocycles. The average molecular weight is 981 g/mol. The van der Waals surface area contributed by atoms with E-state index in [2.05, 4.69) is 46.3 Å². The second kappa shape index (κ2) is 26.3. The predicted molar refractivity (Wildman–Crippen MR) is 254 cm³/mol. The minimum Gasteiger partial charge on any atom is -0.508 e. The van der Waals surface area contributed by atoms with Gasteiger partial charge < -0.3 is 40.4 Å². The first-order valence-corrected chi connectivity index (χ1v) is 22.2. The van der Waals surface area contributed by atoms with Crippen LogP contribution in [-0.4, -0.2) is 66.7 Å². The van der Waals surface area contributed by atoms with Crippen molar-refractivity contribution in [3.05, 3.63) is 127 Å². The molecule has 2 amide bonds. The molecule has 3 saturated carbocycles. The normalized spacial score (nSPS) is 19.9. The van der Waals surface area contributed by atoms with Crippen molar-refractivity contribution in [3.8, 4) is 17.2 Å². The molecule has 0 spiro atoms. The lowest BCUT2D eigenvalue weighted by Gasteiger charge is -2.19. The zero-order valence-corrected chi connectivity index (χ0v) is 40.2. The van der Waals surface area contributed by atoms with Crippen LogP contribution in [0.15, 0.2) is 92.6 Å². The Morgan fingerprint density at radius 1 is 0.688 bits per heavy atom. The van der Waals surface area contributed by atoms with E-state index in [-0.39, 0.29) is 59.3 Å². The van der Waals surface area contributed by atoms with Crippen LogP contribution in [0.2, 0.25) is 0 Å². The molecule has 6 atom stereocenters. The van der Waals surface area contributed by atoms with Crippen molar-refractivity contribution in [2.75, 3.05) is 38.2 Å². The van der Waals surface area contributed by atoms with E-state index in [9.17, 15) is 27.9 Å². The summed E-state index contributed by atoms with van der Waals surface area (Å²) >= 11 is 3.13. The predicted octanol–water partition coefficient (Wildman–Crippen LogP) is 11.6. The molecule has 3 aromatic rings. The Bertz CT molecular complexity index is 1990. The van der Waals surface area contributed by atoms with Gasteiger partial charge in [0.25, 0.3) is 0 Å². The maximum Gasteiger partial charge on any atom is 0.407 e. The molecule has 0 saturated heterocycles. The van der Waals surface area contributed by atoms with Gasteiger partial charge in [-0.2, -0.15) is 0 Å². The van der Waals surface area contributed by atoms with E-state index in [1.807, 2.05) is 20.8 Å². The minimum atomic E-state index is -0.520. The lowest BCUT2D eigenvalue weighted by molar-refractivity contribution is 0.0513. The van der Waals surface area contributed by atoms with E-state index in [1.54, 1.807) is 57.2 Å². The first-order valence-electron chi connectivity index (χ1n) is 21.1. The standard InChI is InChI=1S/C18H24FNO3.C15H20FNO3.C13H16FNO.C3H5Br.ClH/c1-5-8-22-16-7-6-13(19)10-15(16)14-9-12(14)11-20-17(21)23-18(2,3)4;1-15(2,3)20-14(19)17-8-9-6-11(9)12-7-10(16)4-5-13(12)18;1-2-5-16-13-4-3-10(14)7-12(13)11-6-9(11)8-15;1-2-3-4;/h5-7,10,12,14H,1,8-9,11H2,2-4H3,(H,20,21);4-5,7,9,11,18H,6,8H2,1-3H3,(H,17,19);2-4,7,9,11H,1,5-6,8,15H2;2H,1,3H2;1H. The number of alkyl carbamates (subject to hydrolysis) is 2. The van der Waals surface area contributed by atoms with E-state index in [0.717, 1.165) is 41.5 Å². The minimum absolute atomic E-state index is 0. The summed E-state index contributed by atoms with van der Waals surface area (Å²) in [6, 6.07) is 13.1. The van der Waals surface area contributed by atoms with Gasteiger partial charge in [0, 0.05) is 35.1 Å². The summed E-state index contributed by atoms with van der Waals surface area (Å²) in [5.74, 6) is 2.30. The number of carbonyl (C=O) groups is 2. The van der Waals surface area contributed by atoms with Gasteiger partial charge >= 0.3 is 12.2 Å². The van der Waals surface area contributed by atoms with Gasteiger partial charge in [-0.05, 0) is 157 Å². The first kappa shape index (κ1) is 55.5. The van der Waals surface area contributed by atoms with Crippen molar-refractivity contribution in [3.63, 3.8) is 0 Å². The van der Waals surface area contributed by atoms with E-state index in [0.29, 0.717) is 56.0 Å². The van der Waals surface area contributed by atoms with Crippen LogP contribution in [0.3, 0.4) is 0 Å². The van der Waals surface area contributed by atoms with Crippen molar-refractivity contribution in [1.82, 2.24) is 10.6 Å². The van der Waals surface area contributed by atoms with Crippen LogP contribution in [-0.2, 0) is 9.47 Å². The highest BCUT2D eigenvalue weighted by Crippen LogP contribution is 2.51. The molecule has 0 bridgehead atoms. The number of aromatic hydroxyl groups is 1. The van der Waals surface area contributed by atoms with E-state index in [4.69, 9.17) is 24.7 Å². The quantitative estimate of drug-likeness (QED) is 0.0871. The molecule has 0 aliphatic heterocycles. The fraction of sp³-hybridized carbons (Fsp3) is 0.469. The lowest BCUT2D eigenvalue weighted by Crippen LogP contribution is -2.33. The fourth-order valence-electron chi connectivity index (χ4n) is 6.66. The van der Waals surface area contributed by atoms with Crippen LogP contribution >= 0.6 is 28.3 Å². The Kier molecular flexibility index (Phi) is 22.8. The third kappa shape index (κ3) is 20.0. The number of alkyl halides is 1. The first-order chi connectivity index (χ1) is 29.7. The summed E-state index contributed by atoms with van der Waals surface area (Å²) in [5, 5.41) is 16.1. The SMILES string of the molecule is C=CCBr.C=CCOc1ccc(F)cc1C1CC1CN.C=CCOc1ccc(F)cc1C1CC1CNC(=O)OC(C)(C)C.CC(C)(C)OC(=O)NCC1CC1c1cc(F)ccc1O.Cl. The van der Waals surface area contributed by atoms with Gasteiger partial charge in [0.05, 0.1) is 0 Å². The van der Waals surface area contributed by atoms with Gasteiger partial charge in [0.1, 0.15) is 59.1 Å². The number of allylic oxidation sites excluding steroid dienone is 1. The number of rotatable bonds is 15. The molecule has 0 radical (unpaired) electrons. The molecule has 3 aliphatic rings. The summed E-state index contributed by atoms with van der Waals surface area (Å²) in [5.41, 5.74) is 6.97. The topological polar surface area (TPSA) is 141 Å². The third-order valence-electron chi connectivity index (χ3n) is 9.84. The second-order valence-corrected chi connectivity index (χ2v) is 18.2. The Morgan fingerprint density at radius 2 is 1.05 bits per heavy atom. The van der Waals surface area contributed by atoms with Gasteiger partial charge in [-0.3, -0.25) is 0 Å². The molecule has 354 valence electrons. The van der Waals surface area contributed by atoms with Gasteiger partial charge in [0.15, 0.2) is 0 Å². The number of phenols is 1. The highest BCUT2D eigenvalue weighted by Gasteiger charge is 2.42. The molecule has 5 N–H and O–H groups in total. The Labute approximate surface area is 391 Å². The van der Waals surface area contributed by atoms with Gasteiger partial charge in [0.2, 0.25) is 0 Å². The number of nitrogens with one attached hydrogen (secondary N) is 2. The van der Waals surface area contributed by atoms with Crippen LogP contribution in [0.5, 0.6) is 17.2 Å². The number of nitrogens with two attached hydrogens (primary N) is 1. The molecular weight excluding hydrogens is 915 g/mol. The smallest absolute Gasteiger partial charge is 0.407 e. The van der Waals surface area contributed by atoms with Crippen LogP contribution in [0.4, 0.5) is 22.8 Å². The summed E-state index contributed by atoms with van der Waals surface area (Å²) in [6.07, 6.45) is 7.00. The Hall–Kier alpha value is -4.66. The van der Waals surface area contributed by atoms with Crippen molar-refractivity contribution in [2.24, 2.45) is 23.5 Å². The number of carbonyl (C=O) groups excluding carboxylic acids is 2. The van der Waals surface area contributed by atoms with E-state index in [1.165, 1.54) is 36.4 Å². The number of amides is 2. The molecule has 10 nitrogen and oxygen atoms in total. The fourth-order valence-corrected chi connectivity index (χ4v) is 6.66. The third-order valence-corrected chi connectivity index (χ3v) is 10.3. The van der Waals surface area contributed by atoms with Crippen molar-refractivity contribution >= 4 is 40.5 Å². The number of hydrogen-bond acceptors (Lipinski definition) is 8. The van der Waals surface area contributed by atoms with Crippen LogP contribution < -0.4 is 25.8 Å². The number of phenolic OH excluding ortho intramolecular Hbond substituents is 1. The molecule has 15 heteroatoms. The van der Waals surface area contributed by atoms with Crippen molar-refractivity contribution < 1.29 is 46.8 Å². The van der Waals surface area contributed by atoms with E-state index >= 15 is 0 Å².